The number of ether oxygens (including phenoxy) is 2. The Kier molecular flexibility index (Phi) is 4.83. The summed E-state index contributed by atoms with van der Waals surface area (Å²) in [5.74, 6) is -0.117. The third-order valence-electron chi connectivity index (χ3n) is 2.14. The summed E-state index contributed by atoms with van der Waals surface area (Å²) in [5.41, 5.74) is 0. The van der Waals surface area contributed by atoms with E-state index in [4.69, 9.17) is 9.47 Å². The van der Waals surface area contributed by atoms with Crippen LogP contribution in [0.1, 0.15) is 45.4 Å². The highest BCUT2D eigenvalue weighted by Crippen LogP contribution is 2.14. The molecular formula is C10H18O3. The molecule has 76 valence electrons. The van der Waals surface area contributed by atoms with Gasteiger partial charge in [-0.3, -0.25) is 4.79 Å². The lowest BCUT2D eigenvalue weighted by atomic mass is 10.2. The van der Waals surface area contributed by atoms with E-state index in [9.17, 15) is 4.79 Å². The van der Waals surface area contributed by atoms with Crippen molar-refractivity contribution in [2.24, 2.45) is 0 Å². The zero-order valence-electron chi connectivity index (χ0n) is 8.25. The molecule has 3 heteroatoms. The van der Waals surface area contributed by atoms with Crippen molar-refractivity contribution < 1.29 is 14.3 Å². The molecule has 1 atom stereocenters. The fraction of sp³-hybridized carbons (Fsp3) is 0.900. The van der Waals surface area contributed by atoms with Crippen LogP contribution < -0.4 is 0 Å². The van der Waals surface area contributed by atoms with Crippen LogP contribution >= 0.6 is 0 Å². The normalized spacial score (nSPS) is 22.7. The van der Waals surface area contributed by atoms with E-state index in [-0.39, 0.29) is 12.3 Å². The Hall–Kier alpha value is -0.570. The maximum absolute atomic E-state index is 11.2. The minimum atomic E-state index is -0.266. The van der Waals surface area contributed by atoms with Crippen molar-refractivity contribution >= 4 is 5.97 Å². The number of rotatable bonds is 4. The summed E-state index contributed by atoms with van der Waals surface area (Å²) in [6.07, 6.45) is 5.24. The van der Waals surface area contributed by atoms with Crippen molar-refractivity contribution in [2.45, 2.75) is 51.7 Å². The molecule has 1 aliphatic rings. The lowest BCUT2D eigenvalue weighted by Crippen LogP contribution is -2.25. The van der Waals surface area contributed by atoms with Gasteiger partial charge in [0.1, 0.15) is 0 Å². The minimum Gasteiger partial charge on any atom is -0.436 e. The molecule has 0 aromatic carbocycles. The van der Waals surface area contributed by atoms with Crippen LogP contribution in [0.25, 0.3) is 0 Å². The Morgan fingerprint density at radius 2 is 2.38 bits per heavy atom. The van der Waals surface area contributed by atoms with E-state index in [0.29, 0.717) is 6.42 Å². The monoisotopic (exact) mass is 186 g/mol. The Morgan fingerprint density at radius 1 is 1.54 bits per heavy atom. The molecule has 0 bridgehead atoms. The predicted molar refractivity (Wildman–Crippen MR) is 49.2 cm³/mol. The zero-order valence-corrected chi connectivity index (χ0v) is 8.25. The van der Waals surface area contributed by atoms with E-state index in [2.05, 4.69) is 6.92 Å². The number of carbonyl (C=O) groups excluding carboxylic acids is 1. The summed E-state index contributed by atoms with van der Waals surface area (Å²) in [4.78, 5) is 11.2. The zero-order chi connectivity index (χ0) is 9.52. The van der Waals surface area contributed by atoms with Crippen molar-refractivity contribution in [1.29, 1.82) is 0 Å². The largest absolute Gasteiger partial charge is 0.436 e. The summed E-state index contributed by atoms with van der Waals surface area (Å²) in [6, 6.07) is 0. The second kappa shape index (κ2) is 5.97. The van der Waals surface area contributed by atoms with Gasteiger partial charge in [0.2, 0.25) is 6.29 Å². The molecule has 1 rings (SSSR count). The molecule has 0 aliphatic carbocycles. The molecule has 0 saturated carbocycles. The molecule has 1 saturated heterocycles. The van der Waals surface area contributed by atoms with Crippen molar-refractivity contribution in [2.75, 3.05) is 6.61 Å². The highest BCUT2D eigenvalue weighted by molar-refractivity contribution is 5.69. The number of hydrogen-bond acceptors (Lipinski definition) is 3. The molecule has 0 radical (unpaired) electrons. The molecule has 1 fully saturated rings. The fourth-order valence-electron chi connectivity index (χ4n) is 1.33. The van der Waals surface area contributed by atoms with E-state index in [1.54, 1.807) is 0 Å². The number of carbonyl (C=O) groups is 1. The van der Waals surface area contributed by atoms with Crippen molar-refractivity contribution in [3.63, 3.8) is 0 Å². The summed E-state index contributed by atoms with van der Waals surface area (Å²) in [6.45, 7) is 2.79. The van der Waals surface area contributed by atoms with Gasteiger partial charge in [-0.25, -0.2) is 0 Å². The van der Waals surface area contributed by atoms with Gasteiger partial charge in [0.25, 0.3) is 0 Å². The van der Waals surface area contributed by atoms with Crippen LogP contribution in [0.3, 0.4) is 0 Å². The van der Waals surface area contributed by atoms with Gasteiger partial charge in [-0.1, -0.05) is 13.3 Å². The standard InChI is InChI=1S/C10H18O3/c1-2-3-6-9(11)13-10-7-4-5-8-12-10/h10H,2-8H2,1H3. The molecule has 3 nitrogen and oxygen atoms in total. The second-order valence-corrected chi connectivity index (χ2v) is 3.39. The lowest BCUT2D eigenvalue weighted by molar-refractivity contribution is -0.186. The first-order valence-electron chi connectivity index (χ1n) is 5.14. The van der Waals surface area contributed by atoms with Gasteiger partial charge in [0.05, 0.1) is 6.61 Å². The average Bonchev–Trinajstić information content (AvgIpc) is 2.16. The summed E-state index contributed by atoms with van der Waals surface area (Å²) in [5, 5.41) is 0. The van der Waals surface area contributed by atoms with Crippen LogP contribution in [0.15, 0.2) is 0 Å². The lowest BCUT2D eigenvalue weighted by Gasteiger charge is -2.22. The highest BCUT2D eigenvalue weighted by atomic mass is 16.7. The molecule has 13 heavy (non-hydrogen) atoms. The van der Waals surface area contributed by atoms with E-state index in [1.165, 1.54) is 0 Å². The van der Waals surface area contributed by atoms with Crippen LogP contribution in [0, 0.1) is 0 Å². The van der Waals surface area contributed by atoms with Gasteiger partial charge in [-0.05, 0) is 19.3 Å². The molecule has 1 aliphatic heterocycles. The fourth-order valence-corrected chi connectivity index (χ4v) is 1.33. The quantitative estimate of drug-likeness (QED) is 0.632. The van der Waals surface area contributed by atoms with E-state index < -0.39 is 0 Å². The van der Waals surface area contributed by atoms with Crippen LogP contribution in [-0.2, 0) is 14.3 Å². The maximum Gasteiger partial charge on any atom is 0.308 e. The molecule has 0 spiro atoms. The Bertz CT molecular complexity index is 150. The second-order valence-electron chi connectivity index (χ2n) is 3.39. The van der Waals surface area contributed by atoms with Gasteiger partial charge < -0.3 is 9.47 Å². The molecule has 0 N–H and O–H groups in total. The highest BCUT2D eigenvalue weighted by Gasteiger charge is 2.17. The Labute approximate surface area is 79.4 Å². The predicted octanol–water partition coefficient (Wildman–Crippen LogP) is 2.25. The van der Waals surface area contributed by atoms with E-state index in [1.807, 2.05) is 0 Å². The van der Waals surface area contributed by atoms with Crippen LogP contribution in [-0.4, -0.2) is 18.9 Å². The molecule has 1 unspecified atom stereocenters. The van der Waals surface area contributed by atoms with Crippen molar-refractivity contribution in [3.8, 4) is 0 Å². The molecule has 0 aromatic rings. The first-order valence-corrected chi connectivity index (χ1v) is 5.14. The minimum absolute atomic E-state index is 0.117. The number of esters is 1. The average molecular weight is 186 g/mol. The molecule has 1 heterocycles. The van der Waals surface area contributed by atoms with Crippen LogP contribution in [0.4, 0.5) is 0 Å². The van der Waals surface area contributed by atoms with Gasteiger partial charge in [0.15, 0.2) is 0 Å². The first-order chi connectivity index (χ1) is 6.33. The van der Waals surface area contributed by atoms with Gasteiger partial charge >= 0.3 is 5.97 Å². The van der Waals surface area contributed by atoms with Crippen molar-refractivity contribution in [1.82, 2.24) is 0 Å². The van der Waals surface area contributed by atoms with Gasteiger partial charge in [-0.2, -0.15) is 0 Å². The SMILES string of the molecule is CCCCC(=O)OC1CCCCO1. The van der Waals surface area contributed by atoms with Crippen LogP contribution in [0.5, 0.6) is 0 Å². The van der Waals surface area contributed by atoms with E-state index >= 15 is 0 Å². The summed E-state index contributed by atoms with van der Waals surface area (Å²) >= 11 is 0. The van der Waals surface area contributed by atoms with Gasteiger partial charge in [-0.15, -0.1) is 0 Å². The first kappa shape index (κ1) is 10.5. The van der Waals surface area contributed by atoms with Crippen LogP contribution in [0.2, 0.25) is 0 Å². The Morgan fingerprint density at radius 3 is 3.00 bits per heavy atom. The Balaban J connectivity index is 2.11. The topological polar surface area (TPSA) is 35.5 Å². The molecule has 0 aromatic heterocycles. The third kappa shape index (κ3) is 4.27. The molecule has 0 amide bonds. The number of unbranched alkanes of at least 4 members (excludes halogenated alkanes) is 1. The maximum atomic E-state index is 11.2. The van der Waals surface area contributed by atoms with Crippen molar-refractivity contribution in [3.05, 3.63) is 0 Å². The molecular weight excluding hydrogens is 168 g/mol. The smallest absolute Gasteiger partial charge is 0.308 e. The summed E-state index contributed by atoms with van der Waals surface area (Å²) in [7, 11) is 0. The van der Waals surface area contributed by atoms with Gasteiger partial charge in [0, 0.05) is 12.8 Å². The number of hydrogen-bond donors (Lipinski definition) is 0. The van der Waals surface area contributed by atoms with E-state index in [0.717, 1.165) is 38.7 Å². The third-order valence-corrected chi connectivity index (χ3v) is 2.14. The summed E-state index contributed by atoms with van der Waals surface area (Å²) < 4.78 is 10.4.